The molecule has 1 aromatic carbocycles. The van der Waals surface area contributed by atoms with Gasteiger partial charge in [-0.1, -0.05) is 5.18 Å². The molecule has 1 aromatic rings. The lowest BCUT2D eigenvalue weighted by Gasteiger charge is -2.13. The lowest BCUT2D eigenvalue weighted by molar-refractivity contribution is -0.143. The van der Waals surface area contributed by atoms with E-state index >= 15 is 0 Å². The van der Waals surface area contributed by atoms with Gasteiger partial charge in [0.15, 0.2) is 0 Å². The monoisotopic (exact) mass is 271 g/mol. The molecule has 0 N–H and O–H groups in total. The zero-order valence-corrected chi connectivity index (χ0v) is 8.77. The third-order valence-electron chi connectivity index (χ3n) is 2.14. The van der Waals surface area contributed by atoms with Crippen LogP contribution in [0.5, 0.6) is 0 Å². The highest BCUT2D eigenvalue weighted by atomic mass is 19.4. The maximum absolute atomic E-state index is 12.4. The van der Waals surface area contributed by atoms with Crippen molar-refractivity contribution in [1.29, 1.82) is 0 Å². The molecule has 0 spiro atoms. The summed E-state index contributed by atoms with van der Waals surface area (Å²) in [5.41, 5.74) is -3.01. The van der Waals surface area contributed by atoms with Crippen molar-refractivity contribution in [1.82, 2.24) is 0 Å². The first-order valence-corrected chi connectivity index (χ1v) is 4.72. The Bertz CT molecular complexity index is 405. The molecule has 0 aliphatic heterocycles. The number of halogens is 6. The summed E-state index contributed by atoms with van der Waals surface area (Å²) in [7, 11) is 0. The van der Waals surface area contributed by atoms with E-state index in [4.69, 9.17) is 0 Å². The van der Waals surface area contributed by atoms with Crippen LogP contribution in [0.4, 0.5) is 26.3 Å². The third-order valence-corrected chi connectivity index (χ3v) is 2.14. The van der Waals surface area contributed by atoms with Gasteiger partial charge in [-0.15, -0.1) is 0 Å². The minimum absolute atomic E-state index is 0.0395. The van der Waals surface area contributed by atoms with Crippen LogP contribution in [0.2, 0.25) is 0 Å². The Balaban J connectivity index is 3.24. The molecule has 100 valence electrons. The molecule has 0 bridgehead atoms. The van der Waals surface area contributed by atoms with E-state index in [0.29, 0.717) is 12.1 Å². The van der Waals surface area contributed by atoms with Crippen molar-refractivity contribution in [3.63, 3.8) is 0 Å². The fraction of sp³-hybridized carbons (Fsp3) is 0.400. The quantitative estimate of drug-likeness (QED) is 0.602. The van der Waals surface area contributed by atoms with Crippen LogP contribution in [-0.2, 0) is 18.8 Å². The van der Waals surface area contributed by atoms with Crippen LogP contribution in [0.1, 0.15) is 16.7 Å². The van der Waals surface area contributed by atoms with Crippen molar-refractivity contribution in [3.8, 4) is 0 Å². The summed E-state index contributed by atoms with van der Waals surface area (Å²) in [5.74, 6) is 0. The molecule has 2 nitrogen and oxygen atoms in total. The topological polar surface area (TPSA) is 29.4 Å². The largest absolute Gasteiger partial charge is 0.416 e. The molecule has 0 aliphatic carbocycles. The van der Waals surface area contributed by atoms with E-state index in [1.807, 2.05) is 0 Å². The fourth-order valence-electron chi connectivity index (χ4n) is 1.34. The van der Waals surface area contributed by atoms with Gasteiger partial charge in [-0.3, -0.25) is 0 Å². The summed E-state index contributed by atoms with van der Waals surface area (Å²) in [6, 6.07) is 1.21. The van der Waals surface area contributed by atoms with E-state index < -0.39 is 23.5 Å². The molecule has 8 heteroatoms. The maximum atomic E-state index is 12.4. The molecular weight excluding hydrogens is 264 g/mol. The van der Waals surface area contributed by atoms with Crippen molar-refractivity contribution in [2.75, 3.05) is 6.54 Å². The molecule has 0 radical (unpaired) electrons. The first-order chi connectivity index (χ1) is 8.14. The summed E-state index contributed by atoms with van der Waals surface area (Å²) in [6.45, 7) is -0.376. The van der Waals surface area contributed by atoms with Crippen LogP contribution >= 0.6 is 0 Å². The van der Waals surface area contributed by atoms with E-state index in [2.05, 4.69) is 5.18 Å². The summed E-state index contributed by atoms with van der Waals surface area (Å²) >= 11 is 0. The van der Waals surface area contributed by atoms with Crippen molar-refractivity contribution in [3.05, 3.63) is 39.8 Å². The number of alkyl halides is 6. The summed E-state index contributed by atoms with van der Waals surface area (Å²) in [6.07, 6.45) is -10.0. The zero-order chi connectivity index (χ0) is 14.0. The molecule has 0 aromatic heterocycles. The standard InChI is InChI=1S/C10H7F6NO/c11-9(12,13)7-3-6(1-2-17-18)4-8(5-7)10(14,15)16/h3-5H,1-2H2. The van der Waals surface area contributed by atoms with Gasteiger partial charge >= 0.3 is 12.4 Å². The van der Waals surface area contributed by atoms with Gasteiger partial charge in [-0.2, -0.15) is 31.2 Å². The predicted octanol–water partition coefficient (Wildman–Crippen LogP) is 4.03. The Morgan fingerprint density at radius 3 is 1.67 bits per heavy atom. The smallest absolute Gasteiger partial charge is 0.166 e. The number of nitroso groups, excluding NO2 is 1. The maximum Gasteiger partial charge on any atom is 0.416 e. The summed E-state index contributed by atoms with van der Waals surface area (Å²) in [4.78, 5) is 9.85. The molecule has 0 saturated heterocycles. The zero-order valence-electron chi connectivity index (χ0n) is 8.77. The van der Waals surface area contributed by atoms with E-state index in [1.54, 1.807) is 0 Å². The normalized spacial score (nSPS) is 12.6. The molecule has 0 saturated carbocycles. The molecular formula is C10H7F6NO. The highest BCUT2D eigenvalue weighted by Gasteiger charge is 2.36. The predicted molar refractivity (Wildman–Crippen MR) is 50.8 cm³/mol. The Hall–Kier alpha value is -1.60. The number of rotatable bonds is 3. The average Bonchev–Trinajstić information content (AvgIpc) is 2.23. The van der Waals surface area contributed by atoms with Gasteiger partial charge in [-0.25, -0.2) is 0 Å². The van der Waals surface area contributed by atoms with Gasteiger partial charge < -0.3 is 0 Å². The van der Waals surface area contributed by atoms with Crippen LogP contribution in [0.3, 0.4) is 0 Å². The second-order valence-corrected chi connectivity index (χ2v) is 3.52. The minimum atomic E-state index is -4.87. The van der Waals surface area contributed by atoms with Crippen LogP contribution in [0.15, 0.2) is 23.4 Å². The van der Waals surface area contributed by atoms with E-state index in [-0.39, 0.29) is 24.6 Å². The molecule has 0 fully saturated rings. The molecule has 0 heterocycles. The Labute approximate surface area is 97.6 Å². The highest BCUT2D eigenvalue weighted by Crippen LogP contribution is 2.36. The van der Waals surface area contributed by atoms with Gasteiger partial charge in [0.25, 0.3) is 0 Å². The van der Waals surface area contributed by atoms with Gasteiger partial charge in [0.1, 0.15) is 0 Å². The van der Waals surface area contributed by atoms with Crippen LogP contribution < -0.4 is 0 Å². The molecule has 0 atom stereocenters. The van der Waals surface area contributed by atoms with Gasteiger partial charge in [0.2, 0.25) is 0 Å². The summed E-state index contributed by atoms with van der Waals surface area (Å²) < 4.78 is 74.4. The van der Waals surface area contributed by atoms with Crippen molar-refractivity contribution in [2.24, 2.45) is 5.18 Å². The van der Waals surface area contributed by atoms with Crippen molar-refractivity contribution < 1.29 is 26.3 Å². The SMILES string of the molecule is O=NCCc1cc(C(F)(F)F)cc(C(F)(F)F)c1. The minimum Gasteiger partial charge on any atom is -0.166 e. The number of hydrogen-bond acceptors (Lipinski definition) is 2. The molecule has 1 rings (SSSR count). The number of nitrogens with zero attached hydrogens (tertiary/aromatic N) is 1. The molecule has 0 amide bonds. The first kappa shape index (κ1) is 14.5. The Morgan fingerprint density at radius 2 is 1.33 bits per heavy atom. The molecule has 0 unspecified atom stereocenters. The highest BCUT2D eigenvalue weighted by molar-refractivity contribution is 5.33. The lowest BCUT2D eigenvalue weighted by atomic mass is 10.0. The number of benzene rings is 1. The average molecular weight is 271 g/mol. The van der Waals surface area contributed by atoms with Crippen molar-refractivity contribution in [2.45, 2.75) is 18.8 Å². The van der Waals surface area contributed by atoms with Crippen molar-refractivity contribution >= 4 is 0 Å². The van der Waals surface area contributed by atoms with Gasteiger partial charge in [0, 0.05) is 0 Å². The van der Waals surface area contributed by atoms with E-state index in [0.717, 1.165) is 0 Å². The number of hydrogen-bond donors (Lipinski definition) is 0. The third kappa shape index (κ3) is 3.71. The first-order valence-electron chi connectivity index (χ1n) is 4.72. The molecule has 18 heavy (non-hydrogen) atoms. The van der Waals surface area contributed by atoms with Gasteiger partial charge in [-0.05, 0) is 30.2 Å². The second kappa shape index (κ2) is 4.95. The van der Waals surface area contributed by atoms with Crippen LogP contribution in [-0.4, -0.2) is 6.54 Å². The van der Waals surface area contributed by atoms with Crippen LogP contribution in [0.25, 0.3) is 0 Å². The lowest BCUT2D eigenvalue weighted by Crippen LogP contribution is -2.12. The fourth-order valence-corrected chi connectivity index (χ4v) is 1.34. The second-order valence-electron chi connectivity index (χ2n) is 3.52. The molecule has 0 aliphatic rings. The van der Waals surface area contributed by atoms with Gasteiger partial charge in [0.05, 0.1) is 17.7 Å². The Morgan fingerprint density at radius 1 is 0.889 bits per heavy atom. The van der Waals surface area contributed by atoms with E-state index in [9.17, 15) is 31.2 Å². The Kier molecular flexibility index (Phi) is 3.98. The van der Waals surface area contributed by atoms with E-state index in [1.165, 1.54) is 0 Å². The summed E-state index contributed by atoms with van der Waals surface area (Å²) in [5, 5.41) is 2.40. The van der Waals surface area contributed by atoms with Crippen LogP contribution in [0, 0.1) is 4.91 Å².